The molecule has 6 atom stereocenters. The van der Waals surface area contributed by atoms with E-state index >= 15 is 8.78 Å². The zero-order valence-corrected chi connectivity index (χ0v) is 34.8. The Hall–Kier alpha value is -4.96. The van der Waals surface area contributed by atoms with Crippen LogP contribution in [0.15, 0.2) is 30.0 Å². The van der Waals surface area contributed by atoms with Crippen molar-refractivity contribution in [2.24, 2.45) is 11.7 Å². The number of aliphatic hydroxyl groups excluding tert-OH is 4. The number of amides is 1. The first-order chi connectivity index (χ1) is 29.0. The lowest BCUT2D eigenvalue weighted by Crippen LogP contribution is -2.49. The number of benzene rings is 2. The van der Waals surface area contributed by atoms with E-state index in [1.54, 1.807) is 13.0 Å². The highest BCUT2D eigenvalue weighted by molar-refractivity contribution is 7.20. The summed E-state index contributed by atoms with van der Waals surface area (Å²) in [7, 11) is 2.66. The third kappa shape index (κ3) is 10.7. The largest absolute Gasteiger partial charge is 0.493 e. The summed E-state index contributed by atoms with van der Waals surface area (Å²) in [5.41, 5.74) is 4.17. The molecule has 0 spiro atoms. The average molecular weight is 881 g/mol. The van der Waals surface area contributed by atoms with E-state index in [4.69, 9.17) is 39.3 Å². The van der Waals surface area contributed by atoms with Crippen LogP contribution in [-0.4, -0.2) is 125 Å². The summed E-state index contributed by atoms with van der Waals surface area (Å²) in [5, 5.41) is 50.2. The van der Waals surface area contributed by atoms with Gasteiger partial charge < -0.3 is 64.6 Å². The number of methoxy groups -OCH3 is 2. The Morgan fingerprint density at radius 1 is 0.902 bits per heavy atom. The molecule has 1 aromatic heterocycles. The predicted molar refractivity (Wildman–Crippen MR) is 212 cm³/mol. The number of carbonyl (C=O) groups is 4. The van der Waals surface area contributed by atoms with Crippen molar-refractivity contribution < 1.29 is 81.9 Å². The van der Waals surface area contributed by atoms with Crippen LogP contribution in [0.1, 0.15) is 66.8 Å². The van der Waals surface area contributed by atoms with Crippen LogP contribution in [0.25, 0.3) is 10.1 Å². The summed E-state index contributed by atoms with van der Waals surface area (Å²) in [6.45, 7) is 2.10. The van der Waals surface area contributed by atoms with Crippen LogP contribution in [0.2, 0.25) is 0 Å². The summed E-state index contributed by atoms with van der Waals surface area (Å²) in [6, 6.07) is 4.39. The number of hydrogen-bond acceptors (Lipinski definition) is 17. The molecule has 0 saturated heterocycles. The highest BCUT2D eigenvalue weighted by atomic mass is 32.1. The summed E-state index contributed by atoms with van der Waals surface area (Å²) in [4.78, 5) is 52.0. The third-order valence-electron chi connectivity index (χ3n) is 10.2. The quantitative estimate of drug-likeness (QED) is 0.0454. The van der Waals surface area contributed by atoms with Crippen LogP contribution < -0.4 is 24.7 Å². The van der Waals surface area contributed by atoms with Gasteiger partial charge >= 0.3 is 11.9 Å². The number of nitrogens with zero attached hydrogens (tertiary/aromatic N) is 1. The van der Waals surface area contributed by atoms with Crippen molar-refractivity contribution in [1.82, 2.24) is 4.90 Å². The van der Waals surface area contributed by atoms with Gasteiger partial charge in [0.25, 0.3) is 0 Å². The SMILES string of the molecule is COc1cc2c(c(F)c1OCCCOc1c(OC)cc3sc(C(=O)CCC(=O)OC4=C[C@@]4(O)C([C@@H](C)O)[C@H](O)[C@H](O)CO)cc3c1F)CN(C(=O)CCC(=O)O[C@@H](C)CN)C2. The number of nitrogens with two attached hydrogens (primary N) is 1. The summed E-state index contributed by atoms with van der Waals surface area (Å²) < 4.78 is 64.4. The van der Waals surface area contributed by atoms with E-state index in [1.165, 1.54) is 38.2 Å². The number of ketones is 1. The molecule has 2 aliphatic rings. The number of hydrogen-bond donors (Lipinski definition) is 6. The van der Waals surface area contributed by atoms with E-state index in [-0.39, 0.29) is 109 Å². The molecule has 61 heavy (non-hydrogen) atoms. The zero-order valence-electron chi connectivity index (χ0n) is 34.0. The monoisotopic (exact) mass is 880 g/mol. The number of esters is 2. The van der Waals surface area contributed by atoms with Crippen molar-refractivity contribution in [3.05, 3.63) is 57.7 Å². The highest BCUT2D eigenvalue weighted by Crippen LogP contribution is 2.46. The minimum atomic E-state index is -2.06. The Bertz CT molecular complexity index is 2150. The van der Waals surface area contributed by atoms with Gasteiger partial charge in [-0.15, -0.1) is 11.3 Å². The molecule has 334 valence electrons. The zero-order chi connectivity index (χ0) is 44.8. The minimum Gasteiger partial charge on any atom is -0.493 e. The third-order valence-corrected chi connectivity index (χ3v) is 11.4. The molecule has 2 heterocycles. The molecule has 0 bridgehead atoms. The van der Waals surface area contributed by atoms with Crippen molar-refractivity contribution in [1.29, 1.82) is 0 Å². The topological polar surface area (TPSA) is 254 Å². The lowest BCUT2D eigenvalue weighted by molar-refractivity contribution is -0.149. The Morgan fingerprint density at radius 3 is 2.16 bits per heavy atom. The number of fused-ring (bicyclic) bond motifs is 2. The fourth-order valence-electron chi connectivity index (χ4n) is 6.86. The number of ether oxygens (including phenoxy) is 6. The summed E-state index contributed by atoms with van der Waals surface area (Å²) >= 11 is 0.961. The molecule has 2 aromatic carbocycles. The fourth-order valence-corrected chi connectivity index (χ4v) is 7.92. The first-order valence-electron chi connectivity index (χ1n) is 19.4. The fraction of sp³-hybridized carbons (Fsp3) is 0.512. The number of Topliss-reactive ketones (excluding diaryl/α,β-unsaturated/α-hetero) is 1. The number of thiophene rings is 1. The van der Waals surface area contributed by atoms with E-state index in [1.807, 2.05) is 0 Å². The molecule has 20 heteroatoms. The van der Waals surface area contributed by atoms with E-state index in [0.29, 0.717) is 10.3 Å². The van der Waals surface area contributed by atoms with E-state index in [0.717, 1.165) is 17.4 Å². The van der Waals surface area contributed by atoms with Crippen LogP contribution >= 0.6 is 11.3 Å². The van der Waals surface area contributed by atoms with Gasteiger partial charge in [-0.1, -0.05) is 0 Å². The predicted octanol–water partition coefficient (Wildman–Crippen LogP) is 2.40. The van der Waals surface area contributed by atoms with Crippen molar-refractivity contribution in [3.8, 4) is 23.0 Å². The maximum atomic E-state index is 15.8. The standard InChI is InChI=1S/C41H50F2N2O15S/c1-20(16-44)59-33(51)9-7-32(50)45-17-22-12-27(55-3)39(37(43)24(22)18-45)57-10-5-11-58-40-28(56-4)14-29-23(36(40)42)13-30(61-29)25(48)6-8-34(52)60-31-15-41(31,54)35(21(2)47)38(53)26(49)19-46/h12-15,20-21,26,35,38,46-47,49,53-54H,5-11,16-19,44H2,1-4H3/t20-,21+,26+,35?,38+,41-/m0/s1. The van der Waals surface area contributed by atoms with E-state index in [2.05, 4.69) is 0 Å². The second-order valence-electron chi connectivity index (χ2n) is 14.7. The van der Waals surface area contributed by atoms with Gasteiger partial charge in [-0.05, 0) is 37.6 Å². The molecular weight excluding hydrogens is 831 g/mol. The maximum absolute atomic E-state index is 15.8. The van der Waals surface area contributed by atoms with E-state index < -0.39 is 78.3 Å². The van der Waals surface area contributed by atoms with Gasteiger partial charge in [0.2, 0.25) is 5.91 Å². The number of halogens is 2. The second-order valence-corrected chi connectivity index (χ2v) is 15.8. The molecule has 1 amide bonds. The maximum Gasteiger partial charge on any atom is 0.311 e. The summed E-state index contributed by atoms with van der Waals surface area (Å²) in [5.74, 6) is -5.82. The number of carbonyl (C=O) groups excluding carboxylic acids is 4. The molecule has 0 fully saturated rings. The second kappa shape index (κ2) is 20.3. The Kier molecular flexibility index (Phi) is 15.7. The van der Waals surface area contributed by atoms with Crippen molar-refractivity contribution in [2.75, 3.05) is 40.6 Å². The Labute approximate surface area is 353 Å². The van der Waals surface area contributed by atoms with Gasteiger partial charge in [-0.25, -0.2) is 8.78 Å². The van der Waals surface area contributed by atoms with Crippen molar-refractivity contribution >= 4 is 45.1 Å². The molecule has 5 rings (SSSR count). The lowest BCUT2D eigenvalue weighted by Gasteiger charge is -2.32. The molecule has 17 nitrogen and oxygen atoms in total. The molecule has 1 aliphatic heterocycles. The van der Waals surface area contributed by atoms with Gasteiger partial charge in [-0.3, -0.25) is 19.2 Å². The molecule has 0 radical (unpaired) electrons. The number of rotatable bonds is 23. The smallest absolute Gasteiger partial charge is 0.311 e. The van der Waals surface area contributed by atoms with Crippen LogP contribution in [0, 0.1) is 17.6 Å². The van der Waals surface area contributed by atoms with Crippen molar-refractivity contribution in [3.63, 3.8) is 0 Å². The Morgan fingerprint density at radius 2 is 1.54 bits per heavy atom. The normalized spacial score (nSPS) is 18.0. The lowest BCUT2D eigenvalue weighted by atomic mass is 9.84. The van der Waals surface area contributed by atoms with E-state index in [9.17, 15) is 39.6 Å². The first-order valence-corrected chi connectivity index (χ1v) is 20.2. The van der Waals surface area contributed by atoms with Crippen LogP contribution in [0.4, 0.5) is 8.78 Å². The molecule has 1 unspecified atom stereocenters. The Balaban J connectivity index is 1.13. The van der Waals surface area contributed by atoms with Crippen LogP contribution in [0.3, 0.4) is 0 Å². The van der Waals surface area contributed by atoms with Gasteiger partial charge in [0.05, 0.1) is 69.9 Å². The number of aliphatic hydroxyl groups is 5. The first kappa shape index (κ1) is 47.1. The van der Waals surface area contributed by atoms with Crippen LogP contribution in [-0.2, 0) is 36.9 Å². The minimum absolute atomic E-state index is 0.0377. The molecule has 3 aromatic rings. The van der Waals surface area contributed by atoms with Gasteiger partial charge in [0, 0.05) is 60.6 Å². The molecular formula is C41H50F2N2O15S. The highest BCUT2D eigenvalue weighted by Gasteiger charge is 2.57. The molecule has 1 aliphatic carbocycles. The molecule has 0 saturated carbocycles. The van der Waals surface area contributed by atoms with Crippen molar-refractivity contribution in [2.45, 2.75) is 89.1 Å². The van der Waals surface area contributed by atoms with Gasteiger partial charge in [0.15, 0.2) is 46.0 Å². The molecule has 7 N–H and O–H groups in total. The summed E-state index contributed by atoms with van der Waals surface area (Å²) in [6.07, 6.45) is -5.11. The van der Waals surface area contributed by atoms with Gasteiger partial charge in [0.1, 0.15) is 18.0 Å². The van der Waals surface area contributed by atoms with Gasteiger partial charge in [-0.2, -0.15) is 0 Å². The van der Waals surface area contributed by atoms with Crippen LogP contribution in [0.5, 0.6) is 23.0 Å². The average Bonchev–Trinajstić information content (AvgIpc) is 3.52.